The lowest BCUT2D eigenvalue weighted by atomic mass is 9.93. The zero-order valence-corrected chi connectivity index (χ0v) is 11.9. The molecule has 0 N–H and O–H groups in total. The summed E-state index contributed by atoms with van der Waals surface area (Å²) in [5.41, 5.74) is 1.39. The highest BCUT2D eigenvalue weighted by atomic mass is 127. The van der Waals surface area contributed by atoms with Gasteiger partial charge in [0, 0.05) is 3.57 Å². The molecule has 0 bridgehead atoms. The molecule has 0 amide bonds. The van der Waals surface area contributed by atoms with Gasteiger partial charge in [0.05, 0.1) is 3.42 Å². The van der Waals surface area contributed by atoms with E-state index in [9.17, 15) is 0 Å². The van der Waals surface area contributed by atoms with Crippen LogP contribution in [0.25, 0.3) is 0 Å². The summed E-state index contributed by atoms with van der Waals surface area (Å²) in [5.74, 6) is 0. The van der Waals surface area contributed by atoms with E-state index in [-0.39, 0.29) is 3.42 Å². The van der Waals surface area contributed by atoms with Crippen LogP contribution in [-0.2, 0) is 3.42 Å². The molecule has 2 rings (SSSR count). The summed E-state index contributed by atoms with van der Waals surface area (Å²) in [6.07, 6.45) is 9.84. The lowest BCUT2D eigenvalue weighted by Crippen LogP contribution is -2.14. The monoisotopic (exact) mass is 408 g/mol. The van der Waals surface area contributed by atoms with E-state index < -0.39 is 0 Å². The second kappa shape index (κ2) is 4.35. The molecule has 0 saturated heterocycles. The zero-order valence-electron chi connectivity index (χ0n) is 7.58. The van der Waals surface area contributed by atoms with Gasteiger partial charge < -0.3 is 0 Å². The lowest BCUT2D eigenvalue weighted by molar-refractivity contribution is 0.818. The molecule has 0 spiro atoms. The van der Waals surface area contributed by atoms with Crippen LogP contribution in [-0.4, -0.2) is 0 Å². The average Bonchev–Trinajstić information content (AvgIpc) is 2.19. The standard InChI is InChI=1S/C12H10I2/c13-11-6-4-10(5-7-11)12(14)8-2-1-3-9-12/h1-8H,9H2. The van der Waals surface area contributed by atoms with Crippen LogP contribution < -0.4 is 0 Å². The van der Waals surface area contributed by atoms with Gasteiger partial charge >= 0.3 is 0 Å². The Morgan fingerprint density at radius 1 is 1.07 bits per heavy atom. The highest BCUT2D eigenvalue weighted by Gasteiger charge is 2.25. The maximum Gasteiger partial charge on any atom is 0.0687 e. The molecular formula is C12H10I2. The van der Waals surface area contributed by atoms with Gasteiger partial charge in [0.1, 0.15) is 0 Å². The summed E-state index contributed by atoms with van der Waals surface area (Å²) < 4.78 is 1.46. The van der Waals surface area contributed by atoms with E-state index in [1.54, 1.807) is 0 Å². The summed E-state index contributed by atoms with van der Waals surface area (Å²) in [6.45, 7) is 0. The fourth-order valence-electron chi connectivity index (χ4n) is 1.54. The maximum absolute atomic E-state index is 2.53. The number of hydrogen-bond donors (Lipinski definition) is 0. The van der Waals surface area contributed by atoms with Gasteiger partial charge in [-0.2, -0.15) is 0 Å². The first kappa shape index (κ1) is 10.7. The maximum atomic E-state index is 2.53. The van der Waals surface area contributed by atoms with E-state index in [0.717, 1.165) is 6.42 Å². The average molecular weight is 408 g/mol. The van der Waals surface area contributed by atoms with Crippen LogP contribution in [0.2, 0.25) is 0 Å². The molecule has 0 radical (unpaired) electrons. The first-order chi connectivity index (χ1) is 6.71. The Kier molecular flexibility index (Phi) is 3.31. The Morgan fingerprint density at radius 3 is 2.36 bits per heavy atom. The van der Waals surface area contributed by atoms with E-state index in [2.05, 4.69) is 93.8 Å². The second-order valence-corrected chi connectivity index (χ2v) is 6.53. The number of benzene rings is 1. The summed E-state index contributed by atoms with van der Waals surface area (Å²) in [5, 5.41) is 0. The molecule has 1 aromatic rings. The Hall–Kier alpha value is 0.160. The van der Waals surface area contributed by atoms with Crippen LogP contribution >= 0.6 is 45.2 Å². The first-order valence-corrected chi connectivity index (χ1v) is 6.66. The largest absolute Gasteiger partial charge is 0.0826 e. The number of rotatable bonds is 1. The molecule has 1 unspecified atom stereocenters. The molecular weight excluding hydrogens is 398 g/mol. The third-order valence-corrected chi connectivity index (χ3v) is 4.49. The van der Waals surface area contributed by atoms with Crippen molar-refractivity contribution in [1.29, 1.82) is 0 Å². The number of alkyl halides is 1. The van der Waals surface area contributed by atoms with Crippen molar-refractivity contribution in [2.24, 2.45) is 0 Å². The molecule has 0 saturated carbocycles. The Balaban J connectivity index is 2.34. The van der Waals surface area contributed by atoms with E-state index in [1.807, 2.05) is 0 Å². The summed E-state index contributed by atoms with van der Waals surface area (Å²) >= 11 is 4.86. The summed E-state index contributed by atoms with van der Waals surface area (Å²) in [4.78, 5) is 0. The van der Waals surface area contributed by atoms with Crippen molar-refractivity contribution in [1.82, 2.24) is 0 Å². The Morgan fingerprint density at radius 2 is 1.79 bits per heavy atom. The van der Waals surface area contributed by atoms with Gasteiger partial charge in [-0.25, -0.2) is 0 Å². The third-order valence-electron chi connectivity index (χ3n) is 2.35. The van der Waals surface area contributed by atoms with Gasteiger partial charge in [-0.1, -0.05) is 59.0 Å². The molecule has 72 valence electrons. The molecule has 0 fully saturated rings. The van der Waals surface area contributed by atoms with Crippen molar-refractivity contribution in [2.75, 3.05) is 0 Å². The van der Waals surface area contributed by atoms with Crippen molar-refractivity contribution in [3.63, 3.8) is 0 Å². The Bertz CT molecular complexity index is 376. The molecule has 1 atom stereocenters. The third kappa shape index (κ3) is 2.21. The fourth-order valence-corrected chi connectivity index (χ4v) is 2.72. The number of hydrogen-bond acceptors (Lipinski definition) is 0. The van der Waals surface area contributed by atoms with E-state index >= 15 is 0 Å². The molecule has 1 aromatic carbocycles. The lowest BCUT2D eigenvalue weighted by Gasteiger charge is -2.24. The normalized spacial score (nSPS) is 25.3. The van der Waals surface area contributed by atoms with Crippen molar-refractivity contribution < 1.29 is 0 Å². The van der Waals surface area contributed by atoms with Crippen LogP contribution in [0.1, 0.15) is 12.0 Å². The predicted molar refractivity (Wildman–Crippen MR) is 77.8 cm³/mol. The highest BCUT2D eigenvalue weighted by Crippen LogP contribution is 2.39. The topological polar surface area (TPSA) is 0 Å². The first-order valence-electron chi connectivity index (χ1n) is 4.50. The fraction of sp³-hybridized carbons (Fsp3) is 0.167. The molecule has 1 aliphatic rings. The van der Waals surface area contributed by atoms with E-state index in [4.69, 9.17) is 0 Å². The smallest absolute Gasteiger partial charge is 0.0687 e. The minimum atomic E-state index is 0.164. The van der Waals surface area contributed by atoms with Crippen LogP contribution in [0.3, 0.4) is 0 Å². The zero-order chi connectivity index (χ0) is 10.0. The van der Waals surface area contributed by atoms with Gasteiger partial charge in [0.25, 0.3) is 0 Å². The summed E-state index contributed by atoms with van der Waals surface area (Å²) in [6, 6.07) is 8.78. The Labute approximate surface area is 112 Å². The number of halogens is 2. The minimum absolute atomic E-state index is 0.164. The van der Waals surface area contributed by atoms with Gasteiger partial charge in [0.15, 0.2) is 0 Å². The van der Waals surface area contributed by atoms with Gasteiger partial charge in [-0.3, -0.25) is 0 Å². The highest BCUT2D eigenvalue weighted by molar-refractivity contribution is 14.1. The van der Waals surface area contributed by atoms with Crippen molar-refractivity contribution in [3.05, 3.63) is 57.7 Å². The predicted octanol–water partition coefficient (Wildman–Crippen LogP) is 4.44. The van der Waals surface area contributed by atoms with Gasteiger partial charge in [-0.15, -0.1) is 0 Å². The van der Waals surface area contributed by atoms with Crippen LogP contribution in [0.5, 0.6) is 0 Å². The molecule has 14 heavy (non-hydrogen) atoms. The van der Waals surface area contributed by atoms with E-state index in [0.29, 0.717) is 0 Å². The second-order valence-electron chi connectivity index (χ2n) is 3.36. The molecule has 0 nitrogen and oxygen atoms in total. The van der Waals surface area contributed by atoms with Gasteiger partial charge in [0.2, 0.25) is 0 Å². The van der Waals surface area contributed by atoms with Crippen LogP contribution in [0, 0.1) is 3.57 Å². The SMILES string of the molecule is Ic1ccc(C2(I)C=CC=CC2)cc1. The molecule has 0 aliphatic heterocycles. The van der Waals surface area contributed by atoms with Crippen LogP contribution in [0.15, 0.2) is 48.6 Å². The molecule has 1 aliphatic carbocycles. The molecule has 0 heterocycles. The van der Waals surface area contributed by atoms with Crippen molar-refractivity contribution in [2.45, 2.75) is 9.84 Å². The van der Waals surface area contributed by atoms with Crippen molar-refractivity contribution in [3.8, 4) is 0 Å². The number of allylic oxidation sites excluding steroid dienone is 4. The van der Waals surface area contributed by atoms with Crippen molar-refractivity contribution >= 4 is 45.2 Å². The quantitative estimate of drug-likeness (QED) is 0.477. The van der Waals surface area contributed by atoms with E-state index in [1.165, 1.54) is 9.13 Å². The van der Waals surface area contributed by atoms with Gasteiger partial charge in [-0.05, 0) is 46.7 Å². The summed E-state index contributed by atoms with van der Waals surface area (Å²) in [7, 11) is 0. The molecule has 0 aromatic heterocycles. The molecule has 2 heteroatoms. The minimum Gasteiger partial charge on any atom is -0.0826 e. The van der Waals surface area contributed by atoms with Crippen LogP contribution in [0.4, 0.5) is 0 Å².